The summed E-state index contributed by atoms with van der Waals surface area (Å²) in [6, 6.07) is 19.2. The van der Waals surface area contributed by atoms with Gasteiger partial charge in [-0.15, -0.1) is 11.3 Å². The third-order valence-electron chi connectivity index (χ3n) is 7.51. The van der Waals surface area contributed by atoms with Gasteiger partial charge in [0.25, 0.3) is 11.8 Å². The maximum atomic E-state index is 14.3. The number of hydrogen-bond acceptors (Lipinski definition) is 7. The molecule has 41 heavy (non-hydrogen) atoms. The van der Waals surface area contributed by atoms with E-state index in [0.717, 1.165) is 16.0 Å². The molecule has 0 radical (unpaired) electrons. The van der Waals surface area contributed by atoms with Crippen molar-refractivity contribution in [3.8, 4) is 10.4 Å². The zero-order valence-electron chi connectivity index (χ0n) is 22.4. The molecule has 4 aromatic rings. The number of hydrogen-bond donors (Lipinski definition) is 1. The summed E-state index contributed by atoms with van der Waals surface area (Å²) in [5, 5.41) is 2.29. The second-order valence-corrected chi connectivity index (χ2v) is 13.7. The molecule has 2 aliphatic heterocycles. The Hall–Kier alpha value is -4.09. The Morgan fingerprint density at radius 2 is 1.80 bits per heavy atom. The Morgan fingerprint density at radius 1 is 1.05 bits per heavy atom. The number of para-hydroxylation sites is 2. The highest BCUT2D eigenvalue weighted by Gasteiger charge is 2.36. The van der Waals surface area contributed by atoms with E-state index in [1.165, 1.54) is 23.7 Å². The lowest BCUT2D eigenvalue weighted by molar-refractivity contribution is 0.0981. The van der Waals surface area contributed by atoms with Crippen LogP contribution in [0.1, 0.15) is 31.3 Å². The molecule has 1 fully saturated rings. The zero-order valence-corrected chi connectivity index (χ0v) is 24.1. The average Bonchev–Trinajstić information content (AvgIpc) is 3.27. The van der Waals surface area contributed by atoms with Crippen molar-refractivity contribution in [2.75, 3.05) is 41.0 Å². The maximum Gasteiger partial charge on any atom is 0.276 e. The van der Waals surface area contributed by atoms with E-state index in [1.54, 1.807) is 42.2 Å². The number of pyridine rings is 1. The van der Waals surface area contributed by atoms with Gasteiger partial charge in [-0.05, 0) is 54.8 Å². The number of anilines is 3. The normalized spacial score (nSPS) is 15.0. The summed E-state index contributed by atoms with van der Waals surface area (Å²) in [7, 11) is -3.12. The minimum Gasteiger partial charge on any atom is -0.354 e. The molecule has 0 spiro atoms. The van der Waals surface area contributed by atoms with Gasteiger partial charge in [-0.3, -0.25) is 9.59 Å². The van der Waals surface area contributed by atoms with Crippen LogP contribution in [0.4, 0.5) is 21.6 Å². The molecule has 0 bridgehead atoms. The van der Waals surface area contributed by atoms with Crippen molar-refractivity contribution in [3.63, 3.8) is 0 Å². The molecule has 0 aliphatic carbocycles. The largest absolute Gasteiger partial charge is 0.354 e. The van der Waals surface area contributed by atoms with Gasteiger partial charge in [-0.2, -0.15) is 0 Å². The highest BCUT2D eigenvalue weighted by Crippen LogP contribution is 2.42. The van der Waals surface area contributed by atoms with E-state index < -0.39 is 20.9 Å². The summed E-state index contributed by atoms with van der Waals surface area (Å²) in [5.74, 6) is -0.564. The van der Waals surface area contributed by atoms with Crippen LogP contribution in [0.5, 0.6) is 0 Å². The van der Waals surface area contributed by atoms with Crippen molar-refractivity contribution in [2.24, 2.45) is 0 Å². The number of benzene rings is 2. The smallest absolute Gasteiger partial charge is 0.276 e. The first kappa shape index (κ1) is 27.1. The summed E-state index contributed by atoms with van der Waals surface area (Å²) in [6.07, 6.45) is 1.75. The number of nitrogens with one attached hydrogen (secondary N) is 1. The zero-order chi connectivity index (χ0) is 28.9. The van der Waals surface area contributed by atoms with Crippen LogP contribution in [0.15, 0.2) is 66.7 Å². The molecule has 1 N–H and O–H groups in total. The Kier molecular flexibility index (Phi) is 6.87. The predicted octanol–water partition coefficient (Wildman–Crippen LogP) is 4.95. The molecular weight excluding hydrogens is 563 g/mol. The summed E-state index contributed by atoms with van der Waals surface area (Å²) in [6.45, 7) is 2.81. The van der Waals surface area contributed by atoms with E-state index in [9.17, 15) is 22.4 Å². The molecule has 1 saturated heterocycles. The van der Waals surface area contributed by atoms with Crippen LogP contribution in [0.2, 0.25) is 0 Å². The molecule has 2 aromatic heterocycles. The van der Waals surface area contributed by atoms with Gasteiger partial charge in [0.1, 0.15) is 17.3 Å². The number of halogens is 1. The Bertz CT molecular complexity index is 1780. The molecule has 11 heteroatoms. The third kappa shape index (κ3) is 5.11. The number of fused-ring (bicyclic) bond motifs is 3. The molecule has 4 heterocycles. The number of rotatable bonds is 5. The topological polar surface area (TPSA) is 99.7 Å². The van der Waals surface area contributed by atoms with Crippen molar-refractivity contribution >= 4 is 50.2 Å². The minimum absolute atomic E-state index is 0.165. The van der Waals surface area contributed by atoms with E-state index >= 15 is 0 Å². The molecule has 210 valence electrons. The van der Waals surface area contributed by atoms with Crippen molar-refractivity contribution in [1.29, 1.82) is 0 Å². The Balaban J connectivity index is 1.27. The van der Waals surface area contributed by atoms with Crippen molar-refractivity contribution in [1.82, 2.24) is 4.98 Å². The highest BCUT2D eigenvalue weighted by molar-refractivity contribution is 7.91. The third-order valence-corrected chi connectivity index (χ3v) is 10.2. The highest BCUT2D eigenvalue weighted by atomic mass is 32.2. The molecule has 0 atom stereocenters. The minimum atomic E-state index is -3.12. The number of aryl methyl sites for hydroxylation is 1. The lowest BCUT2D eigenvalue weighted by Gasteiger charge is -2.39. The molecular formula is C30H27FN4O4S2. The van der Waals surface area contributed by atoms with Crippen molar-refractivity contribution in [2.45, 2.75) is 18.6 Å². The number of amides is 2. The Morgan fingerprint density at radius 3 is 2.56 bits per heavy atom. The van der Waals surface area contributed by atoms with Gasteiger partial charge in [0.05, 0.1) is 21.5 Å². The summed E-state index contributed by atoms with van der Waals surface area (Å²) in [4.78, 5) is 36.4. The summed E-state index contributed by atoms with van der Waals surface area (Å²) >= 11 is 1.32. The van der Waals surface area contributed by atoms with Gasteiger partial charge in [-0.25, -0.2) is 17.8 Å². The lowest BCUT2D eigenvalue weighted by Crippen LogP contribution is -2.54. The van der Waals surface area contributed by atoms with Crippen LogP contribution in [-0.4, -0.2) is 56.4 Å². The number of carbonyl (C=O) groups is 2. The van der Waals surface area contributed by atoms with Gasteiger partial charge < -0.3 is 15.1 Å². The molecule has 0 saturated carbocycles. The first-order valence-electron chi connectivity index (χ1n) is 13.1. The molecule has 2 aliphatic rings. The fraction of sp³-hybridized carbons (Fsp3) is 0.233. The molecule has 8 nitrogen and oxygen atoms in total. The van der Waals surface area contributed by atoms with E-state index in [-0.39, 0.29) is 23.2 Å². The van der Waals surface area contributed by atoms with Crippen molar-refractivity contribution < 1.29 is 22.4 Å². The second-order valence-electron chi connectivity index (χ2n) is 10.3. The number of carbonyl (C=O) groups excluding carboxylic acids is 2. The molecule has 2 aromatic carbocycles. The van der Waals surface area contributed by atoms with Gasteiger partial charge in [-0.1, -0.05) is 36.4 Å². The quantitative estimate of drug-likeness (QED) is 0.353. The van der Waals surface area contributed by atoms with Crippen LogP contribution >= 0.6 is 11.3 Å². The number of sulfone groups is 1. The molecule has 6 rings (SSSR count). The number of aromatic nitrogens is 1. The monoisotopic (exact) mass is 590 g/mol. The van der Waals surface area contributed by atoms with Gasteiger partial charge in [0.15, 0.2) is 9.84 Å². The Labute approximate surface area is 241 Å². The first-order valence-corrected chi connectivity index (χ1v) is 15.9. The fourth-order valence-corrected chi connectivity index (χ4v) is 7.18. The average molecular weight is 591 g/mol. The van der Waals surface area contributed by atoms with Crippen LogP contribution in [0, 0.1) is 12.7 Å². The second kappa shape index (κ2) is 10.4. The SMILES string of the molecule is Cc1cccc(F)c1NC(=O)c1cc2c(s1)-c1ccccc1N(C(=O)c1cccc(N3CC(S(C)(=O)=O)C3)n1)CC2. The molecule has 0 unspecified atom stereocenters. The maximum absolute atomic E-state index is 14.3. The van der Waals surface area contributed by atoms with Gasteiger partial charge in [0, 0.05) is 36.3 Å². The first-order chi connectivity index (χ1) is 19.6. The predicted molar refractivity (Wildman–Crippen MR) is 159 cm³/mol. The summed E-state index contributed by atoms with van der Waals surface area (Å²) < 4.78 is 38.0. The van der Waals surface area contributed by atoms with E-state index in [4.69, 9.17) is 0 Å². The lowest BCUT2D eigenvalue weighted by atomic mass is 10.1. The van der Waals surface area contributed by atoms with Crippen LogP contribution in [0.25, 0.3) is 10.4 Å². The van der Waals surface area contributed by atoms with Gasteiger partial charge >= 0.3 is 0 Å². The number of nitrogens with zero attached hydrogens (tertiary/aromatic N) is 3. The van der Waals surface area contributed by atoms with E-state index in [2.05, 4.69) is 10.3 Å². The standard InChI is InChI=1S/C30H27FN4O4S2/c1-18-7-5-9-22(31)27(18)33-29(36)25-15-19-13-14-35(24-11-4-3-8-21(24)28(19)40-25)30(37)23-10-6-12-26(32-23)34-16-20(17-34)41(2,38)39/h3-12,15,20H,13-14,16-17H2,1-2H3,(H,33,36). The molecule has 2 amide bonds. The van der Waals surface area contributed by atoms with Crippen LogP contribution in [-0.2, 0) is 16.3 Å². The van der Waals surface area contributed by atoms with Crippen LogP contribution < -0.4 is 15.1 Å². The fourth-order valence-electron chi connectivity index (χ4n) is 5.14. The summed E-state index contributed by atoms with van der Waals surface area (Å²) in [5.41, 5.74) is 3.54. The van der Waals surface area contributed by atoms with Gasteiger partial charge in [0.2, 0.25) is 0 Å². The van der Waals surface area contributed by atoms with Crippen LogP contribution in [0.3, 0.4) is 0 Å². The number of thiophene rings is 1. The van der Waals surface area contributed by atoms with E-state index in [0.29, 0.717) is 48.0 Å². The van der Waals surface area contributed by atoms with E-state index in [1.807, 2.05) is 35.2 Å². The van der Waals surface area contributed by atoms with Crippen molar-refractivity contribution in [3.05, 3.63) is 94.2 Å².